The van der Waals surface area contributed by atoms with Crippen LogP contribution < -0.4 is 10.6 Å². The maximum atomic E-state index is 5.53. The molecule has 108 valence electrons. The highest BCUT2D eigenvalue weighted by Crippen LogP contribution is 1.98. The molecule has 0 aromatic carbocycles. The van der Waals surface area contributed by atoms with Gasteiger partial charge < -0.3 is 15.4 Å². The third-order valence-electron chi connectivity index (χ3n) is 2.42. The Kier molecular flexibility index (Phi) is 12.7. The zero-order valence-electron chi connectivity index (χ0n) is 12.3. The smallest absolute Gasteiger partial charge is 0.191 e. The van der Waals surface area contributed by atoms with Crippen molar-refractivity contribution in [2.45, 2.75) is 26.7 Å². The lowest BCUT2D eigenvalue weighted by molar-refractivity contribution is 0.128. The van der Waals surface area contributed by atoms with Gasteiger partial charge in [0.05, 0.1) is 6.61 Å². The number of nitrogens with one attached hydrogen (secondary N) is 2. The van der Waals surface area contributed by atoms with Crippen molar-refractivity contribution in [1.82, 2.24) is 10.6 Å². The van der Waals surface area contributed by atoms with Crippen LogP contribution in [0.5, 0.6) is 0 Å². The molecule has 0 atom stereocenters. The molecule has 0 rings (SSSR count). The first-order chi connectivity index (χ1) is 8.70. The number of thioether (sulfide) groups is 1. The van der Waals surface area contributed by atoms with Crippen LogP contribution in [0, 0.1) is 5.92 Å². The molecule has 0 heterocycles. The Labute approximate surface area is 116 Å². The molecule has 0 fully saturated rings. The van der Waals surface area contributed by atoms with Gasteiger partial charge in [-0.1, -0.05) is 13.8 Å². The van der Waals surface area contributed by atoms with E-state index in [0.29, 0.717) is 5.92 Å². The minimum atomic E-state index is 0.712. The van der Waals surface area contributed by atoms with Crippen LogP contribution >= 0.6 is 11.8 Å². The number of rotatable bonds is 10. The first-order valence-corrected chi connectivity index (χ1v) is 8.11. The molecule has 5 heteroatoms. The fourth-order valence-electron chi connectivity index (χ4n) is 1.31. The van der Waals surface area contributed by atoms with Crippen molar-refractivity contribution in [3.63, 3.8) is 0 Å². The van der Waals surface area contributed by atoms with Crippen LogP contribution in [0.3, 0.4) is 0 Å². The van der Waals surface area contributed by atoms with Gasteiger partial charge in [0, 0.05) is 26.7 Å². The van der Waals surface area contributed by atoms with Gasteiger partial charge in [-0.05, 0) is 30.8 Å². The number of hydrogen-bond donors (Lipinski definition) is 2. The first kappa shape index (κ1) is 17.6. The van der Waals surface area contributed by atoms with E-state index in [2.05, 4.69) is 35.7 Å². The summed E-state index contributed by atoms with van der Waals surface area (Å²) in [7, 11) is 1.80. The number of hydrogen-bond acceptors (Lipinski definition) is 3. The first-order valence-electron chi connectivity index (χ1n) is 6.72. The van der Waals surface area contributed by atoms with Crippen molar-refractivity contribution >= 4 is 17.7 Å². The Morgan fingerprint density at radius 1 is 1.22 bits per heavy atom. The molecule has 18 heavy (non-hydrogen) atoms. The van der Waals surface area contributed by atoms with Gasteiger partial charge in [-0.2, -0.15) is 11.8 Å². The second-order valence-corrected chi connectivity index (χ2v) is 5.55. The number of guanidine groups is 1. The number of nitrogens with zero attached hydrogens (tertiary/aromatic N) is 1. The van der Waals surface area contributed by atoms with Crippen molar-refractivity contribution in [3.05, 3.63) is 0 Å². The summed E-state index contributed by atoms with van der Waals surface area (Å²) in [6.45, 7) is 7.77. The Bertz CT molecular complexity index is 210. The minimum Gasteiger partial charge on any atom is -0.380 e. The van der Waals surface area contributed by atoms with Gasteiger partial charge in [0.25, 0.3) is 0 Å². The maximum Gasteiger partial charge on any atom is 0.191 e. The highest BCUT2D eigenvalue weighted by molar-refractivity contribution is 7.98. The van der Waals surface area contributed by atoms with E-state index in [4.69, 9.17) is 4.74 Å². The molecule has 0 saturated carbocycles. The van der Waals surface area contributed by atoms with Crippen molar-refractivity contribution in [2.75, 3.05) is 45.4 Å². The van der Waals surface area contributed by atoms with E-state index in [0.717, 1.165) is 45.1 Å². The standard InChI is InChI=1S/C13H29N3OS/c1-12(2)6-9-17-10-8-16-13(14-3)15-7-5-11-18-4/h12H,5-11H2,1-4H3,(H2,14,15,16). The quantitative estimate of drug-likeness (QED) is 0.363. The molecule has 0 saturated heterocycles. The van der Waals surface area contributed by atoms with E-state index in [9.17, 15) is 0 Å². The molecule has 0 aliphatic heterocycles. The lowest BCUT2D eigenvalue weighted by Crippen LogP contribution is -2.39. The van der Waals surface area contributed by atoms with Crippen LogP contribution in [0.25, 0.3) is 0 Å². The number of ether oxygens (including phenoxy) is 1. The van der Waals surface area contributed by atoms with Crippen molar-refractivity contribution in [3.8, 4) is 0 Å². The predicted octanol–water partition coefficient (Wildman–Crippen LogP) is 1.97. The molecule has 0 bridgehead atoms. The van der Waals surface area contributed by atoms with Gasteiger partial charge in [0.1, 0.15) is 0 Å². The van der Waals surface area contributed by atoms with Gasteiger partial charge in [-0.15, -0.1) is 0 Å². The van der Waals surface area contributed by atoms with Gasteiger partial charge in [0.2, 0.25) is 0 Å². The van der Waals surface area contributed by atoms with Crippen LogP contribution in [0.15, 0.2) is 4.99 Å². The molecule has 4 nitrogen and oxygen atoms in total. The lowest BCUT2D eigenvalue weighted by Gasteiger charge is -2.12. The fraction of sp³-hybridized carbons (Fsp3) is 0.923. The van der Waals surface area contributed by atoms with E-state index >= 15 is 0 Å². The zero-order valence-corrected chi connectivity index (χ0v) is 13.1. The Balaban J connectivity index is 3.39. The molecular weight excluding hydrogens is 246 g/mol. The molecule has 2 N–H and O–H groups in total. The van der Waals surface area contributed by atoms with E-state index in [1.165, 1.54) is 5.75 Å². The van der Waals surface area contributed by atoms with E-state index in [-0.39, 0.29) is 0 Å². The molecule has 0 aliphatic rings. The molecule has 0 aromatic rings. The van der Waals surface area contributed by atoms with Crippen LogP contribution in [0.4, 0.5) is 0 Å². The monoisotopic (exact) mass is 275 g/mol. The fourth-order valence-corrected chi connectivity index (χ4v) is 1.74. The second-order valence-electron chi connectivity index (χ2n) is 4.57. The van der Waals surface area contributed by atoms with Gasteiger partial charge >= 0.3 is 0 Å². The SMILES string of the molecule is CN=C(NCCCSC)NCCOCCC(C)C. The molecule has 0 radical (unpaired) electrons. The van der Waals surface area contributed by atoms with Crippen LogP contribution in [0.1, 0.15) is 26.7 Å². The average Bonchev–Trinajstić information content (AvgIpc) is 2.35. The molecule has 0 aliphatic carbocycles. The van der Waals surface area contributed by atoms with Crippen LogP contribution in [-0.2, 0) is 4.74 Å². The normalized spacial score (nSPS) is 11.9. The summed E-state index contributed by atoms with van der Waals surface area (Å²) in [5, 5.41) is 6.52. The van der Waals surface area contributed by atoms with Crippen molar-refractivity contribution < 1.29 is 4.74 Å². The summed E-state index contributed by atoms with van der Waals surface area (Å²) in [5.74, 6) is 2.76. The molecular formula is C13H29N3OS. The lowest BCUT2D eigenvalue weighted by atomic mass is 10.1. The highest BCUT2D eigenvalue weighted by atomic mass is 32.2. The minimum absolute atomic E-state index is 0.712. The molecule has 0 spiro atoms. The Morgan fingerprint density at radius 3 is 2.56 bits per heavy atom. The summed E-state index contributed by atoms with van der Waals surface area (Å²) in [5.41, 5.74) is 0. The molecule has 0 amide bonds. The van der Waals surface area contributed by atoms with E-state index in [1.807, 2.05) is 11.8 Å². The highest BCUT2D eigenvalue weighted by Gasteiger charge is 1.97. The molecule has 0 unspecified atom stereocenters. The number of aliphatic imine (C=N–C) groups is 1. The second kappa shape index (κ2) is 13.0. The third kappa shape index (κ3) is 12.0. The average molecular weight is 275 g/mol. The summed E-state index contributed by atoms with van der Waals surface area (Å²) >= 11 is 1.87. The molecule has 0 aromatic heterocycles. The topological polar surface area (TPSA) is 45.7 Å². The van der Waals surface area contributed by atoms with Gasteiger partial charge in [0.15, 0.2) is 5.96 Å². The van der Waals surface area contributed by atoms with Crippen LogP contribution in [-0.4, -0.2) is 51.3 Å². The summed E-state index contributed by atoms with van der Waals surface area (Å²) in [4.78, 5) is 4.16. The van der Waals surface area contributed by atoms with E-state index < -0.39 is 0 Å². The Morgan fingerprint density at radius 2 is 1.94 bits per heavy atom. The zero-order chi connectivity index (χ0) is 13.6. The summed E-state index contributed by atoms with van der Waals surface area (Å²) in [6, 6.07) is 0. The van der Waals surface area contributed by atoms with Gasteiger partial charge in [-0.25, -0.2) is 0 Å². The van der Waals surface area contributed by atoms with Gasteiger partial charge in [-0.3, -0.25) is 4.99 Å². The maximum absolute atomic E-state index is 5.53. The largest absolute Gasteiger partial charge is 0.380 e. The van der Waals surface area contributed by atoms with Crippen LogP contribution in [0.2, 0.25) is 0 Å². The summed E-state index contributed by atoms with van der Waals surface area (Å²) in [6.07, 6.45) is 4.41. The Hall–Kier alpha value is -0.420. The third-order valence-corrected chi connectivity index (χ3v) is 3.12. The van der Waals surface area contributed by atoms with E-state index in [1.54, 1.807) is 7.05 Å². The predicted molar refractivity (Wildman–Crippen MR) is 82.6 cm³/mol. The van der Waals surface area contributed by atoms with Crippen molar-refractivity contribution in [2.24, 2.45) is 10.9 Å². The van der Waals surface area contributed by atoms with Crippen molar-refractivity contribution in [1.29, 1.82) is 0 Å². The summed E-state index contributed by atoms with van der Waals surface area (Å²) < 4.78 is 5.53.